The van der Waals surface area contributed by atoms with Gasteiger partial charge in [-0.05, 0) is 19.8 Å². The van der Waals surface area contributed by atoms with Gasteiger partial charge in [0.15, 0.2) is 5.60 Å². The average molecular weight is 196 g/mol. The first-order valence-corrected chi connectivity index (χ1v) is 4.77. The maximum absolute atomic E-state index is 11.6. The maximum atomic E-state index is 11.6. The molecule has 2 atom stereocenters. The lowest BCUT2D eigenvalue weighted by Crippen LogP contribution is -2.48. The second-order valence-corrected chi connectivity index (χ2v) is 5.00. The third-order valence-corrected chi connectivity index (χ3v) is 4.45. The molecule has 2 bridgehead atoms. The summed E-state index contributed by atoms with van der Waals surface area (Å²) < 4.78 is 5.15. The van der Waals surface area contributed by atoms with Gasteiger partial charge in [-0.25, -0.2) is 0 Å². The Morgan fingerprint density at radius 2 is 1.93 bits per heavy atom. The fourth-order valence-corrected chi connectivity index (χ4v) is 2.75. The molecule has 1 heterocycles. The predicted molar refractivity (Wildman–Crippen MR) is 48.0 cm³/mol. The number of carbonyl (C=O) groups excluding carboxylic acids is 2. The van der Waals surface area contributed by atoms with E-state index in [2.05, 4.69) is 0 Å². The smallest absolute Gasteiger partial charge is 0.313 e. The number of nitrogens with one attached hydrogen (secondary N) is 1. The van der Waals surface area contributed by atoms with Crippen LogP contribution < -0.4 is 5.73 Å². The Morgan fingerprint density at radius 1 is 1.36 bits per heavy atom. The van der Waals surface area contributed by atoms with Gasteiger partial charge >= 0.3 is 5.97 Å². The molecule has 0 aromatic heterocycles. The van der Waals surface area contributed by atoms with Gasteiger partial charge in [-0.3, -0.25) is 15.3 Å². The minimum absolute atomic E-state index is 0.325. The van der Waals surface area contributed by atoms with Crippen LogP contribution in [0.15, 0.2) is 0 Å². The lowest BCUT2D eigenvalue weighted by Gasteiger charge is -2.33. The first-order valence-electron chi connectivity index (χ1n) is 4.77. The van der Waals surface area contributed by atoms with E-state index in [9.17, 15) is 9.59 Å². The van der Waals surface area contributed by atoms with Crippen LogP contribution in [-0.2, 0) is 14.3 Å². The molecule has 1 N–H and O–H groups in total. The van der Waals surface area contributed by atoms with Crippen LogP contribution in [0.1, 0.15) is 33.6 Å². The van der Waals surface area contributed by atoms with Gasteiger partial charge in [0.2, 0.25) is 0 Å². The molecule has 1 aliphatic carbocycles. The summed E-state index contributed by atoms with van der Waals surface area (Å²) in [6, 6.07) is 0. The van der Waals surface area contributed by atoms with E-state index in [-0.39, 0.29) is 5.97 Å². The lowest BCUT2D eigenvalue weighted by molar-refractivity contribution is -0.167. The van der Waals surface area contributed by atoms with E-state index in [4.69, 9.17) is 10.5 Å². The fourth-order valence-electron chi connectivity index (χ4n) is 2.75. The first-order chi connectivity index (χ1) is 6.28. The van der Waals surface area contributed by atoms with E-state index in [0.29, 0.717) is 12.8 Å². The number of hydrogen-bond donors (Lipinski definition) is 0. The summed E-state index contributed by atoms with van der Waals surface area (Å²) in [7, 11) is 0. The topological polar surface area (TPSA) is 67.2 Å². The lowest BCUT2D eigenvalue weighted by atomic mass is 9.66. The minimum Gasteiger partial charge on any atom is -0.448 e. The predicted octanol–water partition coefficient (Wildman–Crippen LogP) is 0.918. The van der Waals surface area contributed by atoms with Gasteiger partial charge in [0.25, 0.3) is 5.91 Å². The Labute approximate surface area is 82.8 Å². The highest BCUT2D eigenvalue weighted by Crippen LogP contribution is 2.65. The van der Waals surface area contributed by atoms with Crippen LogP contribution in [0.25, 0.3) is 0 Å². The van der Waals surface area contributed by atoms with Crippen molar-refractivity contribution in [1.29, 1.82) is 0 Å². The second-order valence-electron chi connectivity index (χ2n) is 5.00. The molecule has 2 unspecified atom stereocenters. The largest absolute Gasteiger partial charge is 0.448 e. The number of carbonyl (C=O) groups is 2. The highest BCUT2D eigenvalue weighted by Gasteiger charge is 2.75. The SMILES string of the molecule is CC12CCC(C([NH])=O)(OC1=O)C2(C)C. The van der Waals surface area contributed by atoms with Crippen molar-refractivity contribution in [2.24, 2.45) is 10.8 Å². The van der Waals surface area contributed by atoms with Crippen molar-refractivity contribution in [3.63, 3.8) is 0 Å². The van der Waals surface area contributed by atoms with Crippen LogP contribution in [0.5, 0.6) is 0 Å². The van der Waals surface area contributed by atoms with Crippen molar-refractivity contribution < 1.29 is 14.3 Å². The van der Waals surface area contributed by atoms with Gasteiger partial charge in [0, 0.05) is 5.41 Å². The summed E-state index contributed by atoms with van der Waals surface area (Å²) in [5.74, 6) is -1.09. The zero-order valence-corrected chi connectivity index (χ0v) is 8.64. The van der Waals surface area contributed by atoms with Crippen LogP contribution in [0.4, 0.5) is 0 Å². The van der Waals surface area contributed by atoms with Crippen LogP contribution in [0.3, 0.4) is 0 Å². The van der Waals surface area contributed by atoms with Gasteiger partial charge in [-0.1, -0.05) is 13.8 Å². The zero-order valence-electron chi connectivity index (χ0n) is 8.64. The number of esters is 1. The molecule has 77 valence electrons. The summed E-state index contributed by atoms with van der Waals surface area (Å²) >= 11 is 0. The molecule has 14 heavy (non-hydrogen) atoms. The van der Waals surface area contributed by atoms with E-state index >= 15 is 0 Å². The summed E-state index contributed by atoms with van der Waals surface area (Å²) in [6.45, 7) is 5.52. The Bertz CT molecular complexity index is 336. The minimum atomic E-state index is -1.18. The van der Waals surface area contributed by atoms with E-state index < -0.39 is 22.3 Å². The van der Waals surface area contributed by atoms with E-state index in [1.807, 2.05) is 20.8 Å². The van der Waals surface area contributed by atoms with Crippen LogP contribution in [0.2, 0.25) is 0 Å². The number of amides is 1. The number of rotatable bonds is 1. The number of hydrogen-bond acceptors (Lipinski definition) is 3. The van der Waals surface area contributed by atoms with Crippen molar-refractivity contribution in [3.8, 4) is 0 Å². The monoisotopic (exact) mass is 196 g/mol. The molecule has 1 amide bonds. The first kappa shape index (κ1) is 9.49. The molecule has 2 aliphatic rings. The number of fused-ring (bicyclic) bond motifs is 2. The van der Waals surface area contributed by atoms with Crippen molar-refractivity contribution in [3.05, 3.63) is 0 Å². The molecule has 1 aliphatic heterocycles. The highest BCUT2D eigenvalue weighted by atomic mass is 16.6. The Kier molecular flexibility index (Phi) is 1.44. The van der Waals surface area contributed by atoms with Gasteiger partial charge < -0.3 is 4.74 Å². The fraction of sp³-hybridized carbons (Fsp3) is 0.800. The summed E-state index contributed by atoms with van der Waals surface area (Å²) in [5, 5.41) is 0. The molecule has 2 fully saturated rings. The molecular weight excluding hydrogens is 182 g/mol. The Hall–Kier alpha value is -1.06. The highest BCUT2D eigenvalue weighted by molar-refractivity contribution is 5.95. The third kappa shape index (κ3) is 0.645. The van der Waals surface area contributed by atoms with E-state index in [0.717, 1.165) is 0 Å². The van der Waals surface area contributed by atoms with Gasteiger partial charge in [0.1, 0.15) is 0 Å². The zero-order chi connectivity index (χ0) is 10.8. The molecule has 0 aromatic rings. The Morgan fingerprint density at radius 3 is 2.14 bits per heavy atom. The van der Waals surface area contributed by atoms with Crippen LogP contribution in [0, 0.1) is 10.8 Å². The van der Waals surface area contributed by atoms with Crippen LogP contribution in [-0.4, -0.2) is 17.5 Å². The summed E-state index contributed by atoms with van der Waals surface area (Å²) in [6.07, 6.45) is 1.13. The molecule has 0 aromatic carbocycles. The average Bonchev–Trinajstić information content (AvgIpc) is 2.34. The molecule has 1 radical (unpaired) electrons. The molecule has 4 nitrogen and oxygen atoms in total. The molecule has 4 heteroatoms. The summed E-state index contributed by atoms with van der Waals surface area (Å²) in [5.41, 5.74) is 4.93. The molecule has 2 rings (SSSR count). The second kappa shape index (κ2) is 2.12. The summed E-state index contributed by atoms with van der Waals surface area (Å²) in [4.78, 5) is 22.9. The molecular formula is C10H14NO3. The van der Waals surface area contributed by atoms with Crippen LogP contribution >= 0.6 is 0 Å². The van der Waals surface area contributed by atoms with Crippen molar-refractivity contribution in [1.82, 2.24) is 5.73 Å². The van der Waals surface area contributed by atoms with E-state index in [1.54, 1.807) is 0 Å². The van der Waals surface area contributed by atoms with Crippen molar-refractivity contribution in [2.45, 2.75) is 39.2 Å². The number of ether oxygens (including phenoxy) is 1. The van der Waals surface area contributed by atoms with Gasteiger partial charge in [-0.15, -0.1) is 0 Å². The van der Waals surface area contributed by atoms with E-state index in [1.165, 1.54) is 0 Å². The van der Waals surface area contributed by atoms with Crippen molar-refractivity contribution >= 4 is 11.9 Å². The normalized spacial score (nSPS) is 43.8. The third-order valence-electron chi connectivity index (χ3n) is 4.45. The molecule has 0 spiro atoms. The maximum Gasteiger partial charge on any atom is 0.313 e. The van der Waals surface area contributed by atoms with Crippen molar-refractivity contribution in [2.75, 3.05) is 0 Å². The molecule has 1 saturated carbocycles. The standard InChI is InChI=1S/C10H14NO3/c1-8(2)9(3)4-5-10(8,6(11)12)14-7(9)13/h11H,4-5H2,1-3H3. The molecule has 1 saturated heterocycles. The Balaban J connectivity index is 2.60. The quantitative estimate of drug-likeness (QED) is 0.585. The van der Waals surface area contributed by atoms with Gasteiger partial charge in [0.05, 0.1) is 5.41 Å². The van der Waals surface area contributed by atoms with Gasteiger partial charge in [-0.2, -0.15) is 0 Å².